The van der Waals surface area contributed by atoms with Crippen LogP contribution in [-0.2, 0) is 6.54 Å². The topological polar surface area (TPSA) is 3.88 Å². The van der Waals surface area contributed by atoms with Crippen molar-refractivity contribution in [2.24, 2.45) is 0 Å². The fourth-order valence-corrected chi connectivity index (χ4v) is 4.46. The first-order valence-electron chi connectivity index (χ1n) is 6.35. The van der Waals surface area contributed by atoms with Crippen LogP contribution in [0.3, 0.4) is 0 Å². The molecule has 1 aromatic carbocycles. The summed E-state index contributed by atoms with van der Waals surface area (Å²) in [5.74, 6) is 0. The molecule has 2 rings (SSSR count). The summed E-state index contributed by atoms with van der Waals surface area (Å²) in [7, 11) is -0.885. The summed E-state index contributed by atoms with van der Waals surface area (Å²) >= 11 is 1.91. The Morgan fingerprint density at radius 3 is 2.59 bits per heavy atom. The van der Waals surface area contributed by atoms with E-state index in [1.807, 2.05) is 11.3 Å². The van der Waals surface area contributed by atoms with E-state index >= 15 is 0 Å². The van der Waals surface area contributed by atoms with Gasteiger partial charge in [-0.05, 0) is 6.07 Å². The Balaban J connectivity index is 2.15. The zero-order valence-corrected chi connectivity index (χ0v) is 13.1. The van der Waals surface area contributed by atoms with Gasteiger partial charge in [-0.1, -0.05) is 49.2 Å². The lowest BCUT2D eigenvalue weighted by Crippen LogP contribution is -2.36. The molecule has 1 heterocycles. The molecule has 0 aliphatic rings. The largest absolute Gasteiger partial charge is 0.235 e. The molecule has 0 fully saturated rings. The summed E-state index contributed by atoms with van der Waals surface area (Å²) in [6.07, 6.45) is 1.32. The number of hydrogen-bond donors (Lipinski definition) is 0. The van der Waals surface area contributed by atoms with E-state index in [9.17, 15) is 0 Å². The van der Waals surface area contributed by atoms with Crippen molar-refractivity contribution in [1.82, 2.24) is 0 Å². The highest BCUT2D eigenvalue weighted by Gasteiger charge is 2.18. The van der Waals surface area contributed by atoms with Gasteiger partial charge in [0, 0.05) is 27.5 Å². The van der Waals surface area contributed by atoms with Gasteiger partial charge in [0.05, 0.1) is 0 Å². The quantitative estimate of drug-likeness (QED) is 0.575. The predicted octanol–water partition coefficient (Wildman–Crippen LogP) is 4.23. The van der Waals surface area contributed by atoms with Crippen molar-refractivity contribution in [3.05, 3.63) is 29.3 Å². The van der Waals surface area contributed by atoms with Gasteiger partial charge in [0.1, 0.15) is 11.2 Å². The number of para-hydroxylation sites is 1. The van der Waals surface area contributed by atoms with E-state index in [0.717, 1.165) is 0 Å². The number of thiazole rings is 1. The summed E-state index contributed by atoms with van der Waals surface area (Å²) in [5, 5.41) is 1.43. The van der Waals surface area contributed by atoms with Crippen molar-refractivity contribution < 1.29 is 4.57 Å². The molecular formula is C14H22NSSi+. The van der Waals surface area contributed by atoms with E-state index in [4.69, 9.17) is 0 Å². The Morgan fingerprint density at radius 1 is 1.18 bits per heavy atom. The summed E-state index contributed by atoms with van der Waals surface area (Å²) in [6, 6.07) is 10.2. The Labute approximate surface area is 109 Å². The number of rotatable bonds is 4. The SMILES string of the molecule is Cc1sc2ccccc2[n+]1CCC[Si](C)(C)C. The second-order valence-electron chi connectivity index (χ2n) is 5.90. The van der Waals surface area contributed by atoms with Gasteiger partial charge in [0.25, 0.3) is 0 Å². The predicted molar refractivity (Wildman–Crippen MR) is 79.5 cm³/mol. The van der Waals surface area contributed by atoms with Gasteiger partial charge in [-0.25, -0.2) is 0 Å². The fourth-order valence-electron chi connectivity index (χ4n) is 2.20. The average molecular weight is 264 g/mol. The lowest BCUT2D eigenvalue weighted by atomic mass is 10.3. The van der Waals surface area contributed by atoms with Crippen molar-refractivity contribution in [2.45, 2.75) is 45.6 Å². The maximum absolute atomic E-state index is 2.49. The molecule has 0 aliphatic carbocycles. The van der Waals surface area contributed by atoms with Crippen molar-refractivity contribution in [3.8, 4) is 0 Å². The van der Waals surface area contributed by atoms with Gasteiger partial charge < -0.3 is 0 Å². The zero-order chi connectivity index (χ0) is 12.5. The lowest BCUT2D eigenvalue weighted by Gasteiger charge is -2.13. The molecule has 0 saturated heterocycles. The Morgan fingerprint density at radius 2 is 1.88 bits per heavy atom. The monoisotopic (exact) mass is 264 g/mol. The van der Waals surface area contributed by atoms with Gasteiger partial charge in [0.15, 0.2) is 0 Å². The third kappa shape index (κ3) is 3.17. The second kappa shape index (κ2) is 4.90. The van der Waals surface area contributed by atoms with Crippen molar-refractivity contribution >= 4 is 29.6 Å². The molecule has 1 aromatic heterocycles. The molecule has 1 nitrogen and oxygen atoms in total. The van der Waals surface area contributed by atoms with E-state index in [0.29, 0.717) is 0 Å². The van der Waals surface area contributed by atoms with Crippen LogP contribution in [0.25, 0.3) is 10.2 Å². The maximum atomic E-state index is 2.49. The Kier molecular flexibility index (Phi) is 3.69. The molecular weight excluding hydrogens is 242 g/mol. The molecule has 0 atom stereocenters. The third-order valence-electron chi connectivity index (χ3n) is 3.10. The van der Waals surface area contributed by atoms with Crippen LogP contribution in [-0.4, -0.2) is 8.07 Å². The molecule has 3 heteroatoms. The molecule has 0 aliphatic heterocycles. The lowest BCUT2D eigenvalue weighted by molar-refractivity contribution is -0.672. The van der Waals surface area contributed by atoms with E-state index in [2.05, 4.69) is 55.4 Å². The van der Waals surface area contributed by atoms with Gasteiger partial charge in [0.2, 0.25) is 10.5 Å². The molecule has 0 spiro atoms. The normalized spacial score (nSPS) is 12.2. The number of hydrogen-bond acceptors (Lipinski definition) is 1. The molecule has 2 aromatic rings. The van der Waals surface area contributed by atoms with Crippen LogP contribution >= 0.6 is 11.3 Å². The summed E-state index contributed by atoms with van der Waals surface area (Å²) in [4.78, 5) is 0. The molecule has 92 valence electrons. The molecule has 0 amide bonds. The van der Waals surface area contributed by atoms with E-state index in [-0.39, 0.29) is 0 Å². The Bertz CT molecular complexity index is 510. The van der Waals surface area contributed by atoms with Crippen molar-refractivity contribution in [3.63, 3.8) is 0 Å². The minimum Gasteiger partial charge on any atom is -0.186 e. The van der Waals surface area contributed by atoms with E-state index < -0.39 is 8.07 Å². The first-order valence-corrected chi connectivity index (χ1v) is 10.9. The zero-order valence-electron chi connectivity index (χ0n) is 11.3. The van der Waals surface area contributed by atoms with Gasteiger partial charge in [-0.15, -0.1) is 0 Å². The highest BCUT2D eigenvalue weighted by atomic mass is 32.1. The summed E-state index contributed by atoms with van der Waals surface area (Å²) in [6.45, 7) is 10.8. The van der Waals surface area contributed by atoms with E-state index in [1.165, 1.54) is 34.2 Å². The highest BCUT2D eigenvalue weighted by molar-refractivity contribution is 7.18. The van der Waals surface area contributed by atoms with Crippen LogP contribution in [0.1, 0.15) is 11.4 Å². The summed E-state index contributed by atoms with van der Waals surface area (Å²) < 4.78 is 3.90. The highest BCUT2D eigenvalue weighted by Crippen LogP contribution is 2.20. The van der Waals surface area contributed by atoms with Crippen LogP contribution in [0.5, 0.6) is 0 Å². The van der Waals surface area contributed by atoms with Crippen LogP contribution < -0.4 is 4.57 Å². The van der Waals surface area contributed by atoms with Gasteiger partial charge in [-0.2, -0.15) is 4.57 Å². The van der Waals surface area contributed by atoms with Crippen LogP contribution in [0.2, 0.25) is 25.7 Å². The standard InChI is InChI=1S/C14H22NSSi/c1-12-15(10-7-11-17(2,3)4)13-8-5-6-9-14(13)16-12/h5-6,8-9H,7,10-11H2,1-4H3/q+1. The van der Waals surface area contributed by atoms with Crippen molar-refractivity contribution in [1.29, 1.82) is 0 Å². The molecule has 0 bridgehead atoms. The number of aromatic nitrogens is 1. The molecule has 0 radical (unpaired) electrons. The van der Waals surface area contributed by atoms with Crippen LogP contribution in [0.4, 0.5) is 0 Å². The first-order chi connectivity index (χ1) is 7.97. The smallest absolute Gasteiger partial charge is 0.186 e. The van der Waals surface area contributed by atoms with E-state index in [1.54, 1.807) is 0 Å². The Hall–Kier alpha value is -0.673. The summed E-state index contributed by atoms with van der Waals surface area (Å²) in [5.41, 5.74) is 1.41. The molecule has 0 N–H and O–H groups in total. The minimum atomic E-state index is -0.885. The average Bonchev–Trinajstić information content (AvgIpc) is 2.54. The fraction of sp³-hybridized carbons (Fsp3) is 0.500. The van der Waals surface area contributed by atoms with Crippen LogP contribution in [0.15, 0.2) is 24.3 Å². The molecule has 0 saturated carbocycles. The number of fused-ring (bicyclic) bond motifs is 1. The third-order valence-corrected chi connectivity index (χ3v) is 6.04. The molecule has 0 unspecified atom stereocenters. The maximum Gasteiger partial charge on any atom is 0.235 e. The number of benzene rings is 1. The van der Waals surface area contributed by atoms with Gasteiger partial charge >= 0.3 is 0 Å². The second-order valence-corrected chi connectivity index (χ2v) is 12.8. The minimum absolute atomic E-state index is 0.885. The number of nitrogens with zero attached hydrogens (tertiary/aromatic N) is 1. The molecule has 17 heavy (non-hydrogen) atoms. The van der Waals surface area contributed by atoms with Gasteiger partial charge in [-0.3, -0.25) is 0 Å². The number of aryl methyl sites for hydroxylation is 2. The van der Waals surface area contributed by atoms with Crippen molar-refractivity contribution in [2.75, 3.05) is 0 Å². The first kappa shape index (κ1) is 12.8. The van der Waals surface area contributed by atoms with Crippen LogP contribution in [0, 0.1) is 6.92 Å².